The summed E-state index contributed by atoms with van der Waals surface area (Å²) in [5, 5.41) is 0. The molecule has 1 fully saturated rings. The zero-order valence-corrected chi connectivity index (χ0v) is 16.9. The van der Waals surface area contributed by atoms with E-state index < -0.39 is 0 Å². The molecule has 2 aliphatic heterocycles. The molecule has 2 aliphatic rings. The number of thioether (sulfide) groups is 1. The molecule has 4 rings (SSSR count). The number of fused-ring (bicyclic) bond motifs is 1. The van der Waals surface area contributed by atoms with E-state index in [0.717, 1.165) is 61.4 Å². The van der Waals surface area contributed by atoms with Gasteiger partial charge in [0.15, 0.2) is 11.5 Å². The van der Waals surface area contributed by atoms with E-state index in [1.54, 1.807) is 11.8 Å². The van der Waals surface area contributed by atoms with Crippen LogP contribution in [0, 0.1) is 6.92 Å². The van der Waals surface area contributed by atoms with Gasteiger partial charge in [0, 0.05) is 38.5 Å². The first-order valence-corrected chi connectivity index (χ1v) is 10.8. The highest BCUT2D eigenvalue weighted by atomic mass is 32.2. The number of aryl methyl sites for hydroxylation is 1. The van der Waals surface area contributed by atoms with Gasteiger partial charge in [-0.25, -0.2) is 0 Å². The molecule has 0 aliphatic carbocycles. The highest BCUT2D eigenvalue weighted by molar-refractivity contribution is 7.99. The lowest BCUT2D eigenvalue weighted by Crippen LogP contribution is -2.48. The van der Waals surface area contributed by atoms with Crippen LogP contribution >= 0.6 is 23.5 Å². The Morgan fingerprint density at radius 2 is 2.00 bits per heavy atom. The molecule has 0 N–H and O–H groups in total. The zero-order valence-electron chi connectivity index (χ0n) is 15.2. The maximum absolute atomic E-state index is 12.4. The van der Waals surface area contributed by atoms with Gasteiger partial charge in [-0.15, -0.1) is 11.8 Å². The SMILES string of the molecule is Cc1nsnc1CSCC(=O)N1CCN(Cc2ccc3c(c2)OCO3)CC1. The first-order valence-electron chi connectivity index (χ1n) is 8.93. The number of hydrogen-bond donors (Lipinski definition) is 0. The summed E-state index contributed by atoms with van der Waals surface area (Å²) >= 11 is 2.85. The number of piperazine rings is 1. The second kappa shape index (κ2) is 8.45. The zero-order chi connectivity index (χ0) is 18.6. The molecule has 0 bridgehead atoms. The summed E-state index contributed by atoms with van der Waals surface area (Å²) in [6.07, 6.45) is 0. The van der Waals surface area contributed by atoms with Crippen LogP contribution < -0.4 is 9.47 Å². The summed E-state index contributed by atoms with van der Waals surface area (Å²) < 4.78 is 19.2. The standard InChI is InChI=1S/C18H22N4O3S2/c1-13-15(20-27-19-13)10-26-11-18(23)22-6-4-21(5-7-22)9-14-2-3-16-17(8-14)25-12-24-16/h2-3,8H,4-7,9-12H2,1H3. The molecule has 1 saturated heterocycles. The fourth-order valence-corrected chi connectivity index (χ4v) is 4.73. The summed E-state index contributed by atoms with van der Waals surface area (Å²) in [5.74, 6) is 3.10. The third-order valence-corrected chi connectivity index (χ3v) is 6.37. The predicted molar refractivity (Wildman–Crippen MR) is 105 cm³/mol. The third kappa shape index (κ3) is 4.53. The molecule has 0 radical (unpaired) electrons. The van der Waals surface area contributed by atoms with Crippen molar-refractivity contribution in [3.8, 4) is 11.5 Å². The van der Waals surface area contributed by atoms with Crippen molar-refractivity contribution in [2.45, 2.75) is 19.2 Å². The maximum atomic E-state index is 12.4. The third-order valence-electron chi connectivity index (χ3n) is 4.78. The molecule has 144 valence electrons. The quantitative estimate of drug-likeness (QED) is 0.728. The first-order chi connectivity index (χ1) is 13.2. The van der Waals surface area contributed by atoms with E-state index in [-0.39, 0.29) is 5.91 Å². The van der Waals surface area contributed by atoms with Crippen molar-refractivity contribution in [3.63, 3.8) is 0 Å². The van der Waals surface area contributed by atoms with Crippen molar-refractivity contribution >= 4 is 29.4 Å². The van der Waals surface area contributed by atoms with E-state index in [0.29, 0.717) is 12.5 Å². The van der Waals surface area contributed by atoms with Gasteiger partial charge < -0.3 is 14.4 Å². The van der Waals surface area contributed by atoms with Crippen LogP contribution in [0.4, 0.5) is 0 Å². The topological polar surface area (TPSA) is 67.8 Å². The number of carbonyl (C=O) groups excluding carboxylic acids is 1. The number of benzene rings is 1. The summed E-state index contributed by atoms with van der Waals surface area (Å²) in [6.45, 7) is 6.46. The first kappa shape index (κ1) is 18.5. The van der Waals surface area contributed by atoms with Gasteiger partial charge in [0.05, 0.1) is 28.9 Å². The molecule has 0 saturated carbocycles. The Balaban J connectivity index is 1.20. The normalized spacial score (nSPS) is 16.7. The molecule has 0 unspecified atom stereocenters. The number of carbonyl (C=O) groups is 1. The summed E-state index contributed by atoms with van der Waals surface area (Å²) in [6, 6.07) is 6.09. The van der Waals surface area contributed by atoms with Crippen molar-refractivity contribution in [3.05, 3.63) is 35.2 Å². The number of aromatic nitrogens is 2. The lowest BCUT2D eigenvalue weighted by atomic mass is 10.1. The van der Waals surface area contributed by atoms with Gasteiger partial charge in [0.1, 0.15) is 0 Å². The van der Waals surface area contributed by atoms with Gasteiger partial charge in [-0.2, -0.15) is 8.75 Å². The highest BCUT2D eigenvalue weighted by Crippen LogP contribution is 2.32. The number of ether oxygens (including phenoxy) is 2. The van der Waals surface area contributed by atoms with E-state index in [2.05, 4.69) is 19.7 Å². The van der Waals surface area contributed by atoms with Gasteiger partial charge in [0.25, 0.3) is 0 Å². The van der Waals surface area contributed by atoms with Crippen LogP contribution in [0.3, 0.4) is 0 Å². The van der Waals surface area contributed by atoms with Crippen molar-refractivity contribution in [2.24, 2.45) is 0 Å². The number of nitrogens with zero attached hydrogens (tertiary/aromatic N) is 4. The average molecular weight is 407 g/mol. The average Bonchev–Trinajstić information content (AvgIpc) is 3.31. The van der Waals surface area contributed by atoms with Gasteiger partial charge >= 0.3 is 0 Å². The smallest absolute Gasteiger partial charge is 0.232 e. The van der Waals surface area contributed by atoms with Gasteiger partial charge in [0.2, 0.25) is 12.7 Å². The Morgan fingerprint density at radius 1 is 1.19 bits per heavy atom. The van der Waals surface area contributed by atoms with Crippen LogP contribution in [-0.4, -0.2) is 63.2 Å². The molecule has 1 aromatic carbocycles. The maximum Gasteiger partial charge on any atom is 0.232 e. The molecule has 7 nitrogen and oxygen atoms in total. The van der Waals surface area contributed by atoms with Gasteiger partial charge in [-0.1, -0.05) is 6.07 Å². The van der Waals surface area contributed by atoms with E-state index in [1.165, 1.54) is 17.3 Å². The molecule has 0 spiro atoms. The number of amides is 1. The second-order valence-electron chi connectivity index (χ2n) is 6.63. The molecule has 2 aromatic rings. The lowest BCUT2D eigenvalue weighted by Gasteiger charge is -2.34. The van der Waals surface area contributed by atoms with Gasteiger partial charge in [-0.3, -0.25) is 9.69 Å². The largest absolute Gasteiger partial charge is 0.454 e. The summed E-state index contributed by atoms with van der Waals surface area (Å²) in [7, 11) is 0. The van der Waals surface area contributed by atoms with Crippen molar-refractivity contribution in [1.29, 1.82) is 0 Å². The fraction of sp³-hybridized carbons (Fsp3) is 0.500. The van der Waals surface area contributed by atoms with E-state index in [1.807, 2.05) is 24.0 Å². The highest BCUT2D eigenvalue weighted by Gasteiger charge is 2.22. The molecule has 1 aromatic heterocycles. The van der Waals surface area contributed by atoms with Crippen molar-refractivity contribution in [1.82, 2.24) is 18.5 Å². The molecule has 9 heteroatoms. The van der Waals surface area contributed by atoms with Crippen LogP contribution in [0.1, 0.15) is 17.0 Å². The van der Waals surface area contributed by atoms with Crippen LogP contribution in [0.15, 0.2) is 18.2 Å². The minimum absolute atomic E-state index is 0.212. The fourth-order valence-electron chi connectivity index (χ4n) is 3.16. The monoisotopic (exact) mass is 406 g/mol. The predicted octanol–water partition coefficient (Wildman–Crippen LogP) is 2.15. The number of hydrogen-bond acceptors (Lipinski definition) is 8. The molecule has 27 heavy (non-hydrogen) atoms. The Morgan fingerprint density at radius 3 is 2.78 bits per heavy atom. The Bertz CT molecular complexity index is 806. The summed E-state index contributed by atoms with van der Waals surface area (Å²) in [5.41, 5.74) is 3.17. The Labute approximate surface area is 167 Å². The van der Waals surface area contributed by atoms with Crippen LogP contribution in [-0.2, 0) is 17.1 Å². The lowest BCUT2D eigenvalue weighted by molar-refractivity contribution is -0.130. The number of rotatable bonds is 6. The van der Waals surface area contributed by atoms with E-state index in [9.17, 15) is 4.79 Å². The Hall–Kier alpha value is -1.84. The van der Waals surface area contributed by atoms with Crippen LogP contribution in [0.5, 0.6) is 11.5 Å². The minimum atomic E-state index is 0.212. The molecule has 1 amide bonds. The van der Waals surface area contributed by atoms with Gasteiger partial charge in [-0.05, 0) is 24.6 Å². The van der Waals surface area contributed by atoms with Crippen LogP contribution in [0.2, 0.25) is 0 Å². The van der Waals surface area contributed by atoms with E-state index in [4.69, 9.17) is 9.47 Å². The van der Waals surface area contributed by atoms with Crippen molar-refractivity contribution in [2.75, 3.05) is 38.7 Å². The second-order valence-corrected chi connectivity index (χ2v) is 8.15. The van der Waals surface area contributed by atoms with E-state index >= 15 is 0 Å². The molecular weight excluding hydrogens is 384 g/mol. The summed E-state index contributed by atoms with van der Waals surface area (Å²) in [4.78, 5) is 16.8. The molecular formula is C18H22N4O3S2. The minimum Gasteiger partial charge on any atom is -0.454 e. The van der Waals surface area contributed by atoms with Crippen molar-refractivity contribution < 1.29 is 14.3 Å². The molecule has 3 heterocycles. The van der Waals surface area contributed by atoms with Crippen LogP contribution in [0.25, 0.3) is 0 Å². The Kier molecular flexibility index (Phi) is 5.80. The molecule has 0 atom stereocenters.